The lowest BCUT2D eigenvalue weighted by molar-refractivity contribution is -0.137. The summed E-state index contributed by atoms with van der Waals surface area (Å²) in [5.41, 5.74) is 6.04. The summed E-state index contributed by atoms with van der Waals surface area (Å²) in [6, 6.07) is 10.7. The highest BCUT2D eigenvalue weighted by atomic mass is 35.5. The van der Waals surface area contributed by atoms with Crippen LogP contribution in [-0.2, 0) is 44.8 Å². The van der Waals surface area contributed by atoms with Crippen LogP contribution in [0.4, 0.5) is 11.4 Å². The van der Waals surface area contributed by atoms with E-state index in [1.807, 2.05) is 35.4 Å². The molecule has 1 aliphatic carbocycles. The average molecular weight is 820 g/mol. The minimum absolute atomic E-state index is 0.137. The minimum Gasteiger partial charge on any atom is -0.481 e. The van der Waals surface area contributed by atoms with Gasteiger partial charge in [0.2, 0.25) is 0 Å². The normalized spacial score (nSPS) is 16.6. The van der Waals surface area contributed by atoms with Gasteiger partial charge in [0.1, 0.15) is 0 Å². The van der Waals surface area contributed by atoms with E-state index >= 15 is 0 Å². The molecule has 0 radical (unpaired) electrons. The predicted octanol–water partition coefficient (Wildman–Crippen LogP) is 6.94. The van der Waals surface area contributed by atoms with Crippen molar-refractivity contribution in [2.45, 2.75) is 83.7 Å². The average Bonchev–Trinajstić information content (AvgIpc) is 3.90. The van der Waals surface area contributed by atoms with E-state index in [0.29, 0.717) is 63.7 Å². The highest BCUT2D eigenvalue weighted by Crippen LogP contribution is 2.45. The van der Waals surface area contributed by atoms with E-state index in [9.17, 15) is 19.5 Å². The maximum absolute atomic E-state index is 13.8. The maximum atomic E-state index is 13.8. The summed E-state index contributed by atoms with van der Waals surface area (Å²) < 4.78 is 3.71. The number of imidazole rings is 2. The van der Waals surface area contributed by atoms with Crippen LogP contribution in [0.3, 0.4) is 0 Å². The Morgan fingerprint density at radius 1 is 0.754 bits per heavy atom. The number of carboxylic acids is 1. The number of hydrogen-bond donors (Lipinski definition) is 4. The Hall–Kier alpha value is -4.27. The number of anilines is 2. The van der Waals surface area contributed by atoms with E-state index < -0.39 is 5.97 Å². The second-order valence-corrected chi connectivity index (χ2v) is 16.6. The molecule has 7 rings (SSSR count). The van der Waals surface area contributed by atoms with E-state index in [2.05, 4.69) is 25.4 Å². The van der Waals surface area contributed by atoms with E-state index in [1.54, 1.807) is 24.3 Å². The van der Waals surface area contributed by atoms with Gasteiger partial charge in [0.05, 0.1) is 32.8 Å². The fraction of sp³-hybridized carbons (Fsp3) is 0.500. The first-order chi connectivity index (χ1) is 27.5. The molecule has 0 unspecified atom stereocenters. The number of aromatic nitrogens is 4. The molecule has 57 heavy (non-hydrogen) atoms. The minimum atomic E-state index is -0.724. The molecule has 1 fully saturated rings. The summed E-state index contributed by atoms with van der Waals surface area (Å²) in [6.45, 7) is 4.84. The van der Waals surface area contributed by atoms with Crippen molar-refractivity contribution >= 4 is 52.4 Å². The smallest absolute Gasteiger partial charge is 0.303 e. The second kappa shape index (κ2) is 17.7. The number of nitrogens with zero attached hydrogens (tertiary/aromatic N) is 6. The second-order valence-electron chi connectivity index (χ2n) is 15.9. The van der Waals surface area contributed by atoms with Crippen molar-refractivity contribution in [1.82, 2.24) is 28.9 Å². The van der Waals surface area contributed by atoms with Crippen LogP contribution in [0, 0.1) is 5.41 Å². The Morgan fingerprint density at radius 2 is 1.26 bits per heavy atom. The van der Waals surface area contributed by atoms with E-state index in [-0.39, 0.29) is 30.3 Å². The van der Waals surface area contributed by atoms with Gasteiger partial charge in [-0.15, -0.1) is 0 Å². The number of aliphatic carboxylic acids is 1. The summed E-state index contributed by atoms with van der Waals surface area (Å²) in [6.07, 6.45) is 9.96. The fourth-order valence-corrected chi connectivity index (χ4v) is 9.59. The third kappa shape index (κ3) is 8.92. The zero-order valence-corrected chi connectivity index (χ0v) is 34.3. The van der Waals surface area contributed by atoms with Crippen LogP contribution >= 0.6 is 23.2 Å². The predicted molar refractivity (Wildman–Crippen MR) is 221 cm³/mol. The molecule has 4 heterocycles. The number of nitrogens with one attached hydrogen (secondary N) is 2. The van der Waals surface area contributed by atoms with Crippen molar-refractivity contribution in [3.8, 4) is 11.1 Å². The van der Waals surface area contributed by atoms with Gasteiger partial charge in [-0.1, -0.05) is 60.3 Å². The molecule has 15 heteroatoms. The summed E-state index contributed by atoms with van der Waals surface area (Å²) in [7, 11) is 3.72. The quantitative estimate of drug-likeness (QED) is 0.0998. The highest BCUT2D eigenvalue weighted by molar-refractivity contribution is 6.40. The van der Waals surface area contributed by atoms with Crippen LogP contribution in [0.15, 0.2) is 36.4 Å². The van der Waals surface area contributed by atoms with Crippen molar-refractivity contribution in [1.29, 1.82) is 0 Å². The number of carboxylic acid groups (broad SMARTS) is 1. The molecule has 0 atom stereocenters. The number of aliphatic hydroxyl groups is 1. The summed E-state index contributed by atoms with van der Waals surface area (Å²) in [5.74, 6) is -0.883. The SMILES string of the molecule is Cn1c(C(=O)Nc2cccc(-c3cccc(NC(=O)c4nc5c(n4C)CCN(CCC4(CCCC(=O)O)CCCC4)C5)c3Cl)c2Cl)nc2c1CCN(CCCO)C2. The Kier molecular flexibility index (Phi) is 12.7. The molecule has 2 aromatic heterocycles. The first kappa shape index (κ1) is 40.9. The molecule has 0 saturated heterocycles. The number of amides is 2. The van der Waals surface area contributed by atoms with E-state index in [4.69, 9.17) is 33.3 Å². The van der Waals surface area contributed by atoms with Crippen molar-refractivity contribution in [3.05, 3.63) is 80.9 Å². The highest BCUT2D eigenvalue weighted by Gasteiger charge is 2.35. The van der Waals surface area contributed by atoms with Gasteiger partial charge in [0.15, 0.2) is 11.6 Å². The number of carbonyl (C=O) groups excluding carboxylic acids is 2. The van der Waals surface area contributed by atoms with Gasteiger partial charge in [-0.05, 0) is 62.6 Å². The van der Waals surface area contributed by atoms with E-state index in [0.717, 1.165) is 93.9 Å². The Balaban J connectivity index is 1.01. The number of aliphatic hydroxyl groups excluding tert-OH is 1. The van der Waals surface area contributed by atoms with Crippen LogP contribution in [0.2, 0.25) is 10.0 Å². The van der Waals surface area contributed by atoms with E-state index in [1.165, 1.54) is 12.8 Å². The molecule has 2 aromatic carbocycles. The molecule has 2 aliphatic heterocycles. The zero-order chi connectivity index (χ0) is 40.3. The van der Waals surface area contributed by atoms with Gasteiger partial charge < -0.3 is 30.0 Å². The Morgan fingerprint density at radius 3 is 1.75 bits per heavy atom. The lowest BCUT2D eigenvalue weighted by Gasteiger charge is -2.33. The molecule has 4 aromatic rings. The molecule has 304 valence electrons. The molecule has 13 nitrogen and oxygen atoms in total. The monoisotopic (exact) mass is 818 g/mol. The van der Waals surface area contributed by atoms with Crippen molar-refractivity contribution < 1.29 is 24.6 Å². The molecule has 0 bridgehead atoms. The third-order valence-corrected chi connectivity index (χ3v) is 13.0. The molecular weight excluding hydrogens is 767 g/mol. The largest absolute Gasteiger partial charge is 0.481 e. The number of hydrogen-bond acceptors (Lipinski definition) is 8. The molecule has 3 aliphatic rings. The van der Waals surface area contributed by atoms with Crippen LogP contribution in [0.5, 0.6) is 0 Å². The van der Waals surface area contributed by atoms with Gasteiger partial charge >= 0.3 is 5.97 Å². The van der Waals surface area contributed by atoms with Gasteiger partial charge in [0.25, 0.3) is 11.8 Å². The summed E-state index contributed by atoms with van der Waals surface area (Å²) >= 11 is 13.9. The van der Waals surface area contributed by atoms with Crippen LogP contribution in [0.25, 0.3) is 11.1 Å². The maximum Gasteiger partial charge on any atom is 0.303 e. The van der Waals surface area contributed by atoms with Crippen LogP contribution < -0.4 is 10.6 Å². The summed E-state index contributed by atoms with van der Waals surface area (Å²) in [5, 5.41) is 24.9. The van der Waals surface area contributed by atoms with Crippen LogP contribution in [0.1, 0.15) is 102 Å². The molecule has 1 saturated carbocycles. The third-order valence-electron chi connectivity index (χ3n) is 12.2. The fourth-order valence-electron chi connectivity index (χ4n) is 9.04. The number of rotatable bonds is 15. The lowest BCUT2D eigenvalue weighted by Crippen LogP contribution is -2.34. The van der Waals surface area contributed by atoms with Crippen molar-refractivity contribution in [2.75, 3.05) is 43.4 Å². The van der Waals surface area contributed by atoms with Crippen molar-refractivity contribution in [3.63, 3.8) is 0 Å². The number of carbonyl (C=O) groups is 3. The first-order valence-electron chi connectivity index (χ1n) is 20.0. The van der Waals surface area contributed by atoms with Gasteiger partial charge in [-0.3, -0.25) is 24.2 Å². The number of benzene rings is 2. The lowest BCUT2D eigenvalue weighted by atomic mass is 9.78. The molecular formula is C42H52Cl2N8O5. The summed E-state index contributed by atoms with van der Waals surface area (Å²) in [4.78, 5) is 52.6. The van der Waals surface area contributed by atoms with Gasteiger partial charge in [-0.25, -0.2) is 9.97 Å². The van der Waals surface area contributed by atoms with Gasteiger partial charge in [-0.2, -0.15) is 0 Å². The Bertz CT molecular complexity index is 2140. The molecule has 0 spiro atoms. The first-order valence-corrected chi connectivity index (χ1v) is 20.8. The molecule has 4 N–H and O–H groups in total. The number of halogens is 2. The Labute approximate surface area is 343 Å². The van der Waals surface area contributed by atoms with Crippen molar-refractivity contribution in [2.24, 2.45) is 19.5 Å². The van der Waals surface area contributed by atoms with Crippen LogP contribution in [-0.4, -0.2) is 89.7 Å². The zero-order valence-electron chi connectivity index (χ0n) is 32.8. The molecule has 2 amide bonds. The van der Waals surface area contributed by atoms with Gasteiger partial charge in [0, 0.05) is 95.2 Å². The number of fused-ring (bicyclic) bond motifs is 2. The standard InChI is InChI=1S/C42H52Cl2N8O5/c1-49-33-14-21-51(20-8-24-53)25-31(33)45-38(49)40(56)47-29-11-5-9-27(36(29)43)28-10-6-12-30(37(28)44)48-41(57)39-46-32-26-52(22-15-34(32)50(39)2)23-19-42(16-3-4-17-42)18-7-13-35(54)55/h5-6,9-12,53H,3-4,7-8,13-26H2,1-2H3,(H,47,56)(H,48,57)(H,54,55). The topological polar surface area (TPSA) is 158 Å².